The van der Waals surface area contributed by atoms with Crippen molar-refractivity contribution in [1.29, 1.82) is 0 Å². The molecule has 2 aromatic heterocycles. The second kappa shape index (κ2) is 7.48. The van der Waals surface area contributed by atoms with E-state index >= 15 is 0 Å². The SMILES string of the molecule is Cc1cc(-n2c(C)nc3ncccc3c2=O)ccc1NC(=O)c1ccc(Cl)cc1. The van der Waals surface area contributed by atoms with Gasteiger partial charge in [0.2, 0.25) is 0 Å². The number of anilines is 1. The third-order valence-electron chi connectivity index (χ3n) is 4.63. The molecule has 7 heteroatoms. The van der Waals surface area contributed by atoms with E-state index in [0.717, 1.165) is 5.56 Å². The van der Waals surface area contributed by atoms with E-state index in [0.29, 0.717) is 38.8 Å². The van der Waals surface area contributed by atoms with Crippen LogP contribution in [0.4, 0.5) is 5.69 Å². The Labute approximate surface area is 171 Å². The van der Waals surface area contributed by atoms with Crippen LogP contribution in [0.3, 0.4) is 0 Å². The van der Waals surface area contributed by atoms with Gasteiger partial charge >= 0.3 is 0 Å². The Kier molecular flexibility index (Phi) is 4.86. The quantitative estimate of drug-likeness (QED) is 0.552. The smallest absolute Gasteiger partial charge is 0.267 e. The largest absolute Gasteiger partial charge is 0.322 e. The fraction of sp³-hybridized carbons (Fsp3) is 0.0909. The van der Waals surface area contributed by atoms with Crippen molar-refractivity contribution < 1.29 is 4.79 Å². The lowest BCUT2D eigenvalue weighted by atomic mass is 10.1. The Morgan fingerprint density at radius 2 is 1.83 bits per heavy atom. The molecule has 144 valence electrons. The standard InChI is InChI=1S/C22H17ClN4O2/c1-13-12-17(27-14(2)25-20-18(22(27)29)4-3-11-24-20)9-10-19(13)26-21(28)15-5-7-16(23)8-6-15/h3-12H,1-2H3,(H,26,28). The molecule has 29 heavy (non-hydrogen) atoms. The average Bonchev–Trinajstić information content (AvgIpc) is 2.70. The van der Waals surface area contributed by atoms with Crippen molar-refractivity contribution in [2.24, 2.45) is 0 Å². The number of carbonyl (C=O) groups excluding carboxylic acids is 1. The summed E-state index contributed by atoms with van der Waals surface area (Å²) >= 11 is 5.87. The third-order valence-corrected chi connectivity index (χ3v) is 4.89. The molecular formula is C22H17ClN4O2. The summed E-state index contributed by atoms with van der Waals surface area (Å²) in [6, 6.07) is 15.5. The number of fused-ring (bicyclic) bond motifs is 1. The number of amides is 1. The zero-order valence-corrected chi connectivity index (χ0v) is 16.6. The van der Waals surface area contributed by atoms with Gasteiger partial charge in [0.05, 0.1) is 11.1 Å². The summed E-state index contributed by atoms with van der Waals surface area (Å²) in [4.78, 5) is 34.0. The number of aryl methyl sites for hydroxylation is 2. The van der Waals surface area contributed by atoms with Crippen LogP contribution < -0.4 is 10.9 Å². The lowest BCUT2D eigenvalue weighted by molar-refractivity contribution is 0.102. The van der Waals surface area contributed by atoms with E-state index in [4.69, 9.17) is 11.6 Å². The maximum Gasteiger partial charge on any atom is 0.267 e. The van der Waals surface area contributed by atoms with E-state index in [1.54, 1.807) is 66.2 Å². The molecule has 0 spiro atoms. The molecule has 4 rings (SSSR count). The molecule has 1 N–H and O–H groups in total. The molecule has 0 saturated heterocycles. The average molecular weight is 405 g/mol. The molecule has 1 amide bonds. The van der Waals surface area contributed by atoms with Crippen molar-refractivity contribution in [2.75, 3.05) is 5.32 Å². The molecule has 0 bridgehead atoms. The molecule has 0 fully saturated rings. The van der Waals surface area contributed by atoms with Gasteiger partial charge in [-0.15, -0.1) is 0 Å². The van der Waals surface area contributed by atoms with E-state index in [1.165, 1.54) is 0 Å². The second-order valence-corrected chi connectivity index (χ2v) is 7.07. The Hall–Kier alpha value is -3.51. The van der Waals surface area contributed by atoms with Crippen LogP contribution in [0.2, 0.25) is 5.02 Å². The van der Waals surface area contributed by atoms with E-state index in [-0.39, 0.29) is 11.5 Å². The maximum atomic E-state index is 12.9. The number of rotatable bonds is 3. The highest BCUT2D eigenvalue weighted by molar-refractivity contribution is 6.30. The molecule has 4 aromatic rings. The van der Waals surface area contributed by atoms with Crippen LogP contribution in [0, 0.1) is 13.8 Å². The van der Waals surface area contributed by atoms with Crippen LogP contribution in [-0.2, 0) is 0 Å². The lowest BCUT2D eigenvalue weighted by Crippen LogP contribution is -2.23. The predicted molar refractivity (Wildman–Crippen MR) is 114 cm³/mol. The molecule has 0 radical (unpaired) electrons. The number of hydrogen-bond donors (Lipinski definition) is 1. The maximum absolute atomic E-state index is 12.9. The first kappa shape index (κ1) is 18.8. The number of benzene rings is 2. The van der Waals surface area contributed by atoms with E-state index in [2.05, 4.69) is 15.3 Å². The number of halogens is 1. The third kappa shape index (κ3) is 3.62. The number of carbonyl (C=O) groups is 1. The fourth-order valence-corrected chi connectivity index (χ4v) is 3.28. The molecular weight excluding hydrogens is 388 g/mol. The minimum absolute atomic E-state index is 0.182. The molecule has 0 unspecified atom stereocenters. The number of pyridine rings is 1. The Bertz CT molecular complexity index is 1300. The van der Waals surface area contributed by atoms with Crippen LogP contribution in [0.1, 0.15) is 21.7 Å². The molecule has 0 aliphatic heterocycles. The summed E-state index contributed by atoms with van der Waals surface area (Å²) in [5.74, 6) is 0.308. The Balaban J connectivity index is 1.69. The number of nitrogens with zero attached hydrogens (tertiary/aromatic N) is 3. The monoisotopic (exact) mass is 404 g/mol. The van der Waals surface area contributed by atoms with Gasteiger partial charge in [0.1, 0.15) is 5.82 Å². The minimum atomic E-state index is -0.232. The zero-order chi connectivity index (χ0) is 20.5. The second-order valence-electron chi connectivity index (χ2n) is 6.63. The van der Waals surface area contributed by atoms with Gasteiger partial charge < -0.3 is 5.32 Å². The van der Waals surface area contributed by atoms with E-state index < -0.39 is 0 Å². The Morgan fingerprint density at radius 1 is 1.07 bits per heavy atom. The number of nitrogens with one attached hydrogen (secondary N) is 1. The summed E-state index contributed by atoms with van der Waals surface area (Å²) in [7, 11) is 0. The summed E-state index contributed by atoms with van der Waals surface area (Å²) in [6.45, 7) is 3.64. The van der Waals surface area contributed by atoms with Crippen molar-refractivity contribution in [2.45, 2.75) is 13.8 Å². The van der Waals surface area contributed by atoms with Crippen LogP contribution in [0.15, 0.2) is 65.6 Å². The van der Waals surface area contributed by atoms with Gasteiger partial charge in [-0.3, -0.25) is 14.2 Å². The van der Waals surface area contributed by atoms with Gasteiger partial charge in [0, 0.05) is 22.5 Å². The van der Waals surface area contributed by atoms with Gasteiger partial charge in [-0.1, -0.05) is 11.6 Å². The normalized spacial score (nSPS) is 10.9. The molecule has 0 atom stereocenters. The molecule has 6 nitrogen and oxygen atoms in total. The van der Waals surface area contributed by atoms with Gasteiger partial charge in [0.25, 0.3) is 11.5 Å². The van der Waals surface area contributed by atoms with Crippen molar-refractivity contribution in [3.05, 3.63) is 93.1 Å². The van der Waals surface area contributed by atoms with Gasteiger partial charge in [0.15, 0.2) is 5.65 Å². The van der Waals surface area contributed by atoms with E-state index in [9.17, 15) is 9.59 Å². The van der Waals surface area contributed by atoms with Crippen LogP contribution >= 0.6 is 11.6 Å². The highest BCUT2D eigenvalue weighted by Crippen LogP contribution is 2.21. The molecule has 2 aromatic carbocycles. The number of aromatic nitrogens is 3. The highest BCUT2D eigenvalue weighted by atomic mass is 35.5. The van der Waals surface area contributed by atoms with Crippen molar-refractivity contribution >= 4 is 34.2 Å². The van der Waals surface area contributed by atoms with Gasteiger partial charge in [-0.2, -0.15) is 0 Å². The fourth-order valence-electron chi connectivity index (χ4n) is 3.15. The first-order valence-corrected chi connectivity index (χ1v) is 9.34. The molecule has 0 aliphatic carbocycles. The van der Waals surface area contributed by atoms with Gasteiger partial charge in [-0.05, 0) is 74.0 Å². The highest BCUT2D eigenvalue weighted by Gasteiger charge is 2.13. The molecule has 2 heterocycles. The summed E-state index contributed by atoms with van der Waals surface area (Å²) in [5, 5.41) is 3.91. The molecule has 0 saturated carbocycles. The number of hydrogen-bond acceptors (Lipinski definition) is 4. The predicted octanol–water partition coefficient (Wildman–Crippen LogP) is 4.30. The minimum Gasteiger partial charge on any atom is -0.322 e. The lowest BCUT2D eigenvalue weighted by Gasteiger charge is -2.14. The van der Waals surface area contributed by atoms with Crippen LogP contribution in [0.5, 0.6) is 0 Å². The van der Waals surface area contributed by atoms with E-state index in [1.807, 2.05) is 13.0 Å². The van der Waals surface area contributed by atoms with Crippen molar-refractivity contribution in [1.82, 2.24) is 14.5 Å². The van der Waals surface area contributed by atoms with Crippen molar-refractivity contribution in [3.8, 4) is 5.69 Å². The van der Waals surface area contributed by atoms with Gasteiger partial charge in [-0.25, -0.2) is 9.97 Å². The summed E-state index contributed by atoms with van der Waals surface area (Å²) in [6.07, 6.45) is 1.61. The van der Waals surface area contributed by atoms with Crippen LogP contribution in [-0.4, -0.2) is 20.4 Å². The molecule has 0 aliphatic rings. The summed E-state index contributed by atoms with van der Waals surface area (Å²) < 4.78 is 1.54. The topological polar surface area (TPSA) is 76.9 Å². The first-order valence-electron chi connectivity index (χ1n) is 8.96. The first-order chi connectivity index (χ1) is 13.9. The zero-order valence-electron chi connectivity index (χ0n) is 15.8. The summed E-state index contributed by atoms with van der Waals surface area (Å²) in [5.41, 5.74) is 2.91. The van der Waals surface area contributed by atoms with Crippen molar-refractivity contribution in [3.63, 3.8) is 0 Å². The Morgan fingerprint density at radius 3 is 2.55 bits per heavy atom. The van der Waals surface area contributed by atoms with Crippen LogP contribution in [0.25, 0.3) is 16.7 Å².